The van der Waals surface area contributed by atoms with Crippen molar-refractivity contribution in [2.75, 3.05) is 80.5 Å². The third-order valence-electron chi connectivity index (χ3n) is 5.02. The normalized spacial score (nSPS) is 19.2. The molecule has 2 aliphatic heterocycles. The van der Waals surface area contributed by atoms with E-state index in [0.29, 0.717) is 4.88 Å². The van der Waals surface area contributed by atoms with Gasteiger partial charge in [-0.05, 0) is 0 Å². The fourth-order valence-corrected chi connectivity index (χ4v) is 8.71. The van der Waals surface area contributed by atoms with Crippen LogP contribution in [-0.4, -0.2) is 107 Å². The Morgan fingerprint density at radius 1 is 1.17 bits per heavy atom. The van der Waals surface area contributed by atoms with Gasteiger partial charge >= 0.3 is 5.97 Å². The van der Waals surface area contributed by atoms with Crippen LogP contribution in [0.2, 0.25) is 0 Å². The summed E-state index contributed by atoms with van der Waals surface area (Å²) in [5.41, 5.74) is 0. The molecule has 1 aromatic rings. The number of morpholine rings is 2. The Kier molecular flexibility index (Phi) is 9.72. The van der Waals surface area contributed by atoms with E-state index in [1.807, 2.05) is 25.1 Å². The van der Waals surface area contributed by atoms with Crippen molar-refractivity contribution in [1.29, 1.82) is 0 Å². The van der Waals surface area contributed by atoms with Crippen molar-refractivity contribution >= 4 is 41.5 Å². The zero-order valence-corrected chi connectivity index (χ0v) is 21.3. The zero-order valence-electron chi connectivity index (χ0n) is 17.5. The maximum absolute atomic E-state index is 12.3. The topological polar surface area (TPSA) is 66.8 Å². The van der Waals surface area contributed by atoms with E-state index in [2.05, 4.69) is 16.0 Å². The number of hydrogen-bond donors (Lipinski definition) is 0. The first-order chi connectivity index (χ1) is 13.5. The fourth-order valence-electron chi connectivity index (χ4n) is 3.51. The zero-order chi connectivity index (χ0) is 20.1. The summed E-state index contributed by atoms with van der Waals surface area (Å²) in [7, 11) is 3.38. The van der Waals surface area contributed by atoms with Crippen molar-refractivity contribution in [3.63, 3.8) is 0 Å². The van der Waals surface area contributed by atoms with E-state index in [1.54, 1.807) is 6.34 Å². The van der Waals surface area contributed by atoms with Crippen molar-refractivity contribution in [2.45, 2.75) is 0 Å². The number of ether oxygens (including phenoxy) is 3. The monoisotopic (exact) mass is 556 g/mol. The third kappa shape index (κ3) is 5.66. The minimum atomic E-state index is -1.92. The van der Waals surface area contributed by atoms with Crippen LogP contribution in [0, 0.1) is 0 Å². The van der Waals surface area contributed by atoms with E-state index in [1.165, 1.54) is 18.4 Å². The van der Waals surface area contributed by atoms with Gasteiger partial charge in [-0.1, -0.05) is 0 Å². The van der Waals surface area contributed by atoms with Crippen molar-refractivity contribution in [3.8, 4) is 0 Å². The summed E-state index contributed by atoms with van der Waals surface area (Å²) in [6, 6.07) is 2.00. The molecule has 164 valence electrons. The molecule has 2 saturated heterocycles. The molecular formula is C18H30IN4O4PS. The van der Waals surface area contributed by atoms with E-state index in [4.69, 9.17) is 19.2 Å². The highest BCUT2D eigenvalue weighted by molar-refractivity contribution is 7.78. The van der Waals surface area contributed by atoms with E-state index >= 15 is 0 Å². The number of carbonyl (C=O) groups is 1. The summed E-state index contributed by atoms with van der Waals surface area (Å²) >= 11 is 1.40. The molecule has 0 bridgehead atoms. The van der Waals surface area contributed by atoms with E-state index < -0.39 is 7.56 Å². The standard InChI is InChI=1S/C18H30N4O4PS.HI/c1-20(2)14-19-17-15(13-16(28-17)18(23)24-3)27(4,21-5-9-25-10-6-21)22-7-11-26-12-8-22;/h13-14H,5-12H2,1-4H3;1H/q+1;/p-1/b19-14+;. The predicted octanol–water partition coefficient (Wildman–Crippen LogP) is -1.47. The highest BCUT2D eigenvalue weighted by Gasteiger charge is 2.52. The number of thiophene rings is 1. The quantitative estimate of drug-likeness (QED) is 0.139. The number of carbonyl (C=O) groups excluding carboxylic acids is 1. The minimum Gasteiger partial charge on any atom is -1.00 e. The first kappa shape index (κ1) is 24.9. The van der Waals surface area contributed by atoms with Gasteiger partial charge in [0.25, 0.3) is 0 Å². The van der Waals surface area contributed by atoms with Gasteiger partial charge in [-0.15, -0.1) is 11.3 Å². The molecule has 2 fully saturated rings. The lowest BCUT2D eigenvalue weighted by Crippen LogP contribution is -3.00. The lowest BCUT2D eigenvalue weighted by molar-refractivity contribution is -0.0000218. The van der Waals surface area contributed by atoms with Gasteiger partial charge in [-0.25, -0.2) is 9.79 Å². The van der Waals surface area contributed by atoms with Gasteiger partial charge in [-0.2, -0.15) is 9.34 Å². The number of rotatable bonds is 6. The third-order valence-corrected chi connectivity index (χ3v) is 10.4. The number of esters is 1. The number of hydrogen-bond acceptors (Lipinski definition) is 8. The highest BCUT2D eigenvalue weighted by Crippen LogP contribution is 2.63. The molecule has 0 radical (unpaired) electrons. The molecule has 8 nitrogen and oxygen atoms in total. The predicted molar refractivity (Wildman–Crippen MR) is 115 cm³/mol. The average molecular weight is 556 g/mol. The second kappa shape index (κ2) is 11.3. The molecule has 0 unspecified atom stereocenters. The summed E-state index contributed by atoms with van der Waals surface area (Å²) in [4.78, 5) is 19.5. The van der Waals surface area contributed by atoms with Crippen LogP contribution < -0.4 is 29.3 Å². The first-order valence-electron chi connectivity index (χ1n) is 9.43. The molecule has 29 heavy (non-hydrogen) atoms. The maximum Gasteiger partial charge on any atom is 0.348 e. The van der Waals surface area contributed by atoms with Crippen LogP contribution in [0.5, 0.6) is 0 Å². The van der Waals surface area contributed by atoms with E-state index in [0.717, 1.165) is 62.9 Å². The second-order valence-electron chi connectivity index (χ2n) is 7.05. The molecule has 3 rings (SSSR count). The van der Waals surface area contributed by atoms with Crippen LogP contribution in [0.15, 0.2) is 11.1 Å². The lowest BCUT2D eigenvalue weighted by atomic mass is 10.5. The second-order valence-corrected chi connectivity index (χ2v) is 11.5. The van der Waals surface area contributed by atoms with Crippen LogP contribution in [0.4, 0.5) is 5.00 Å². The van der Waals surface area contributed by atoms with Gasteiger partial charge in [0.15, 0.2) is 17.9 Å². The molecule has 0 N–H and O–H groups in total. The molecule has 0 atom stereocenters. The van der Waals surface area contributed by atoms with Gasteiger partial charge < -0.3 is 43.1 Å². The molecule has 2 aliphatic rings. The lowest BCUT2D eigenvalue weighted by Gasteiger charge is -2.43. The molecule has 1 aromatic heterocycles. The van der Waals surface area contributed by atoms with Crippen LogP contribution in [0.1, 0.15) is 9.67 Å². The Morgan fingerprint density at radius 3 is 2.14 bits per heavy atom. The summed E-state index contributed by atoms with van der Waals surface area (Å²) < 4.78 is 21.3. The average Bonchev–Trinajstić information content (AvgIpc) is 3.17. The summed E-state index contributed by atoms with van der Waals surface area (Å²) in [5, 5.41) is 2.02. The molecule has 0 saturated carbocycles. The Bertz CT molecular complexity index is 688. The summed E-state index contributed by atoms with van der Waals surface area (Å²) in [6.45, 7) is 8.75. The SMILES string of the molecule is COC(=O)c1cc([P+](C)(N2CCOCC2)N2CCOCC2)c(/N=C/N(C)C)s1.[I-]. The van der Waals surface area contributed by atoms with Crippen LogP contribution in [-0.2, 0) is 14.2 Å². The van der Waals surface area contributed by atoms with Crippen molar-refractivity contribution in [3.05, 3.63) is 10.9 Å². The van der Waals surface area contributed by atoms with Crippen molar-refractivity contribution in [1.82, 2.24) is 14.2 Å². The maximum atomic E-state index is 12.3. The Hall–Kier alpha value is -0.360. The van der Waals surface area contributed by atoms with Gasteiger partial charge in [0, 0.05) is 20.2 Å². The molecule has 3 heterocycles. The molecule has 0 aromatic carbocycles. The number of nitrogens with zero attached hydrogens (tertiary/aromatic N) is 4. The van der Waals surface area contributed by atoms with Gasteiger partial charge in [0.05, 0.1) is 72.7 Å². The summed E-state index contributed by atoms with van der Waals surface area (Å²) in [5.74, 6) is -0.312. The highest BCUT2D eigenvalue weighted by atomic mass is 127. The van der Waals surface area contributed by atoms with Crippen LogP contribution >= 0.6 is 18.9 Å². The van der Waals surface area contributed by atoms with E-state index in [-0.39, 0.29) is 29.9 Å². The van der Waals surface area contributed by atoms with Crippen molar-refractivity contribution in [2.24, 2.45) is 4.99 Å². The Balaban J connectivity index is 0.00000300. The summed E-state index contributed by atoms with van der Waals surface area (Å²) in [6.07, 6.45) is 1.79. The van der Waals surface area contributed by atoms with E-state index in [9.17, 15) is 4.79 Å². The molecule has 0 spiro atoms. The smallest absolute Gasteiger partial charge is 0.348 e. The number of methoxy groups -OCH3 is 1. The number of halogens is 1. The number of aliphatic imine (C=N–C) groups is 1. The van der Waals surface area contributed by atoms with Crippen molar-refractivity contribution < 1.29 is 43.0 Å². The first-order valence-corrected chi connectivity index (χ1v) is 12.4. The largest absolute Gasteiger partial charge is 1.00 e. The van der Waals surface area contributed by atoms with Gasteiger partial charge in [-0.3, -0.25) is 0 Å². The molecule has 11 heteroatoms. The van der Waals surface area contributed by atoms with Crippen LogP contribution in [0.25, 0.3) is 0 Å². The minimum absolute atomic E-state index is 0. The Morgan fingerprint density at radius 2 is 1.69 bits per heavy atom. The fraction of sp³-hybridized carbons (Fsp3) is 0.667. The Labute approximate surface area is 194 Å². The molecular weight excluding hydrogens is 526 g/mol. The van der Waals surface area contributed by atoms with Gasteiger partial charge in [0.1, 0.15) is 4.88 Å². The van der Waals surface area contributed by atoms with Gasteiger partial charge in [0.2, 0.25) is 0 Å². The van der Waals surface area contributed by atoms with Crippen LogP contribution in [0.3, 0.4) is 0 Å². The molecule has 0 amide bonds. The molecule has 0 aliphatic carbocycles.